The second-order valence-electron chi connectivity index (χ2n) is 6.61. The Morgan fingerprint density at radius 1 is 1.03 bits per heavy atom. The number of carbonyl (C=O) groups is 2. The van der Waals surface area contributed by atoms with Crippen molar-refractivity contribution in [3.05, 3.63) is 52.8 Å². The number of amides is 1. The van der Waals surface area contributed by atoms with Crippen LogP contribution in [0.5, 0.6) is 11.5 Å². The van der Waals surface area contributed by atoms with Crippen LogP contribution < -0.4 is 14.3 Å². The number of hydrogen-bond acceptors (Lipinski definition) is 7. The summed E-state index contributed by atoms with van der Waals surface area (Å²) in [7, 11) is 1.58. The highest BCUT2D eigenvalue weighted by atomic mass is 32.1. The van der Waals surface area contributed by atoms with Gasteiger partial charge in [0.25, 0.3) is 5.91 Å². The Bertz CT molecular complexity index is 1130. The fraction of sp³-hybridized carbons (Fsp3) is 0.348. The highest BCUT2D eigenvalue weighted by Gasteiger charge is 2.13. The van der Waals surface area contributed by atoms with Crippen LogP contribution in [0.1, 0.15) is 24.2 Å². The van der Waals surface area contributed by atoms with Crippen molar-refractivity contribution in [3.63, 3.8) is 0 Å². The maximum Gasteiger partial charge on any atom is 0.338 e. The molecule has 1 heterocycles. The van der Waals surface area contributed by atoms with E-state index in [4.69, 9.17) is 18.9 Å². The Morgan fingerprint density at radius 3 is 2.47 bits per heavy atom. The van der Waals surface area contributed by atoms with Gasteiger partial charge in [0.1, 0.15) is 11.5 Å². The lowest BCUT2D eigenvalue weighted by atomic mass is 10.2. The van der Waals surface area contributed by atoms with E-state index in [0.29, 0.717) is 48.2 Å². The third kappa shape index (κ3) is 5.95. The van der Waals surface area contributed by atoms with Crippen molar-refractivity contribution < 1.29 is 28.5 Å². The summed E-state index contributed by atoms with van der Waals surface area (Å²) in [6.07, 6.45) is 0. The number of hydrogen-bond donors (Lipinski definition) is 0. The van der Waals surface area contributed by atoms with E-state index < -0.39 is 5.91 Å². The summed E-state index contributed by atoms with van der Waals surface area (Å²) in [5.74, 6) is 0.458. The standard InChI is InChI=1S/C23H26N2O6S/c1-4-29-13-12-25-19-11-6-16(22(27)30-5-2)14-20(19)32-23(25)24-21(26)15-31-18-9-7-17(28-3)8-10-18/h6-11,14H,4-5,12-13,15H2,1-3H3. The summed E-state index contributed by atoms with van der Waals surface area (Å²) in [5, 5.41) is 0. The van der Waals surface area contributed by atoms with Gasteiger partial charge in [0, 0.05) is 13.2 Å². The molecule has 0 unspecified atom stereocenters. The SMILES string of the molecule is CCOCCn1c(=NC(=O)COc2ccc(OC)cc2)sc2cc(C(=O)OCC)ccc21. The number of esters is 1. The summed E-state index contributed by atoms with van der Waals surface area (Å²) in [5.41, 5.74) is 1.32. The third-order valence-corrected chi connectivity index (χ3v) is 5.54. The topological polar surface area (TPSA) is 88.4 Å². The van der Waals surface area contributed by atoms with E-state index in [-0.39, 0.29) is 12.6 Å². The van der Waals surface area contributed by atoms with Gasteiger partial charge in [-0.25, -0.2) is 4.79 Å². The maximum atomic E-state index is 12.5. The predicted molar refractivity (Wildman–Crippen MR) is 121 cm³/mol. The van der Waals surface area contributed by atoms with E-state index in [1.54, 1.807) is 50.4 Å². The molecule has 32 heavy (non-hydrogen) atoms. The fourth-order valence-corrected chi connectivity index (χ4v) is 4.08. The number of fused-ring (bicyclic) bond motifs is 1. The van der Waals surface area contributed by atoms with Crippen molar-refractivity contribution in [1.82, 2.24) is 4.57 Å². The Morgan fingerprint density at radius 2 is 1.78 bits per heavy atom. The van der Waals surface area contributed by atoms with Gasteiger partial charge >= 0.3 is 5.97 Å². The summed E-state index contributed by atoms with van der Waals surface area (Å²) in [6, 6.07) is 12.3. The Hall–Kier alpha value is -3.17. The molecule has 0 aliphatic carbocycles. The lowest BCUT2D eigenvalue weighted by Crippen LogP contribution is -2.21. The molecule has 0 atom stereocenters. The quantitative estimate of drug-likeness (QED) is 0.342. The third-order valence-electron chi connectivity index (χ3n) is 4.50. The van der Waals surface area contributed by atoms with E-state index in [9.17, 15) is 9.59 Å². The second kappa shape index (κ2) is 11.4. The zero-order valence-corrected chi connectivity index (χ0v) is 19.1. The molecule has 0 N–H and O–H groups in total. The molecule has 0 radical (unpaired) electrons. The summed E-state index contributed by atoms with van der Waals surface area (Å²) in [6.45, 7) is 5.40. The van der Waals surface area contributed by atoms with Gasteiger partial charge in [-0.2, -0.15) is 4.99 Å². The smallest absolute Gasteiger partial charge is 0.338 e. The average molecular weight is 459 g/mol. The molecule has 3 rings (SSSR count). The molecule has 0 bridgehead atoms. The summed E-state index contributed by atoms with van der Waals surface area (Å²) < 4.78 is 24.0. The molecule has 0 aliphatic heterocycles. The van der Waals surface area contributed by atoms with Gasteiger partial charge in [-0.3, -0.25) is 4.79 Å². The van der Waals surface area contributed by atoms with Gasteiger partial charge in [0.15, 0.2) is 11.4 Å². The number of ether oxygens (including phenoxy) is 4. The zero-order chi connectivity index (χ0) is 22.9. The maximum absolute atomic E-state index is 12.5. The zero-order valence-electron chi connectivity index (χ0n) is 18.3. The first-order chi connectivity index (χ1) is 15.5. The molecule has 1 amide bonds. The molecule has 8 nitrogen and oxygen atoms in total. The molecule has 1 aromatic heterocycles. The first-order valence-electron chi connectivity index (χ1n) is 10.3. The number of nitrogens with zero attached hydrogens (tertiary/aromatic N) is 2. The number of aromatic nitrogens is 1. The molecule has 0 aliphatic rings. The number of rotatable bonds is 10. The monoisotopic (exact) mass is 458 g/mol. The van der Waals surface area contributed by atoms with Crippen LogP contribution in [0.25, 0.3) is 10.2 Å². The molecule has 170 valence electrons. The molecule has 0 spiro atoms. The van der Waals surface area contributed by atoms with Gasteiger partial charge in [0.05, 0.1) is 36.1 Å². The fourth-order valence-electron chi connectivity index (χ4n) is 2.97. The molecular weight excluding hydrogens is 432 g/mol. The summed E-state index contributed by atoms with van der Waals surface area (Å²) >= 11 is 1.33. The van der Waals surface area contributed by atoms with E-state index in [1.165, 1.54) is 11.3 Å². The molecule has 0 fully saturated rings. The van der Waals surface area contributed by atoms with Crippen molar-refractivity contribution in [3.8, 4) is 11.5 Å². The van der Waals surface area contributed by atoms with Crippen LogP contribution in [0.15, 0.2) is 47.5 Å². The van der Waals surface area contributed by atoms with E-state index in [1.807, 2.05) is 17.6 Å². The van der Waals surface area contributed by atoms with Crippen LogP contribution in [-0.2, 0) is 20.8 Å². The Labute approximate surface area is 190 Å². The molecular formula is C23H26N2O6S. The van der Waals surface area contributed by atoms with Crippen LogP contribution in [0.4, 0.5) is 0 Å². The normalized spacial score (nSPS) is 11.5. The van der Waals surface area contributed by atoms with Crippen LogP contribution >= 0.6 is 11.3 Å². The first kappa shape index (κ1) is 23.5. The van der Waals surface area contributed by atoms with Gasteiger partial charge in [-0.15, -0.1) is 0 Å². The van der Waals surface area contributed by atoms with Crippen LogP contribution in [0.3, 0.4) is 0 Å². The molecule has 0 saturated heterocycles. The lowest BCUT2D eigenvalue weighted by Gasteiger charge is -2.07. The molecule has 3 aromatic rings. The van der Waals surface area contributed by atoms with Crippen molar-refractivity contribution >= 4 is 33.4 Å². The van der Waals surface area contributed by atoms with Gasteiger partial charge in [-0.05, 0) is 56.3 Å². The average Bonchev–Trinajstić information content (AvgIpc) is 3.14. The molecule has 0 saturated carbocycles. The molecule has 9 heteroatoms. The van der Waals surface area contributed by atoms with E-state index >= 15 is 0 Å². The molecule has 2 aromatic carbocycles. The Kier molecular flexibility index (Phi) is 8.41. The minimum atomic E-state index is -0.414. The summed E-state index contributed by atoms with van der Waals surface area (Å²) in [4.78, 5) is 29.4. The van der Waals surface area contributed by atoms with Crippen molar-refractivity contribution in [2.45, 2.75) is 20.4 Å². The number of methoxy groups -OCH3 is 1. The largest absolute Gasteiger partial charge is 0.497 e. The second-order valence-corrected chi connectivity index (χ2v) is 7.62. The highest BCUT2D eigenvalue weighted by Crippen LogP contribution is 2.20. The van der Waals surface area contributed by atoms with Crippen LogP contribution in [-0.4, -0.2) is 50.0 Å². The van der Waals surface area contributed by atoms with Crippen molar-refractivity contribution in [2.24, 2.45) is 4.99 Å². The van der Waals surface area contributed by atoms with Crippen LogP contribution in [0, 0.1) is 0 Å². The predicted octanol–water partition coefficient (Wildman–Crippen LogP) is 3.43. The lowest BCUT2D eigenvalue weighted by molar-refractivity contribution is -0.120. The minimum absolute atomic E-state index is 0.194. The van der Waals surface area contributed by atoms with Gasteiger partial charge in [0.2, 0.25) is 0 Å². The first-order valence-corrected chi connectivity index (χ1v) is 11.1. The number of benzene rings is 2. The number of thiazole rings is 1. The number of carbonyl (C=O) groups excluding carboxylic acids is 2. The minimum Gasteiger partial charge on any atom is -0.497 e. The van der Waals surface area contributed by atoms with Crippen molar-refractivity contribution in [1.29, 1.82) is 0 Å². The van der Waals surface area contributed by atoms with Gasteiger partial charge in [-0.1, -0.05) is 11.3 Å². The van der Waals surface area contributed by atoms with Crippen LogP contribution in [0.2, 0.25) is 0 Å². The highest BCUT2D eigenvalue weighted by molar-refractivity contribution is 7.16. The Balaban J connectivity index is 1.85. The van der Waals surface area contributed by atoms with Crippen molar-refractivity contribution in [2.75, 3.05) is 33.5 Å². The van der Waals surface area contributed by atoms with E-state index in [0.717, 1.165) is 10.2 Å². The van der Waals surface area contributed by atoms with Gasteiger partial charge < -0.3 is 23.5 Å². The van der Waals surface area contributed by atoms with E-state index in [2.05, 4.69) is 4.99 Å².